The van der Waals surface area contributed by atoms with Crippen LogP contribution in [0.4, 0.5) is 0 Å². The number of hydrogen-bond donors (Lipinski definition) is 2. The van der Waals surface area contributed by atoms with E-state index in [2.05, 4.69) is 11.5 Å². The molecule has 3 unspecified atom stereocenters. The molecule has 7 atom stereocenters. The standard InChI is InChI=1S/C27H43N3O7/c1-6-7-29(9-8-28-10-12-36-13-11-28)24(33)22-27-15-18(4)26(5,37-27)21(25(34)35)20(27)23(32)30(22)19(16-31)14-17(2)3/h6,17-22,31H,1,7-16H2,2-5H3,(H,34,35)/t18?,19-,20+,21-,22?,26+,27?/m1/s1. The first-order valence-corrected chi connectivity index (χ1v) is 13.6. The molecule has 4 aliphatic heterocycles. The Hall–Kier alpha value is -2.01. The molecule has 4 aliphatic rings. The molecule has 4 heterocycles. The zero-order chi connectivity index (χ0) is 27.1. The summed E-state index contributed by atoms with van der Waals surface area (Å²) in [6.07, 6.45) is 2.58. The quantitative estimate of drug-likeness (QED) is 0.384. The Morgan fingerprint density at radius 3 is 2.54 bits per heavy atom. The Bertz CT molecular complexity index is 906. The van der Waals surface area contributed by atoms with Crippen LogP contribution in [0.1, 0.15) is 40.5 Å². The van der Waals surface area contributed by atoms with Crippen molar-refractivity contribution in [2.75, 3.05) is 52.5 Å². The summed E-state index contributed by atoms with van der Waals surface area (Å²) in [5.74, 6) is -3.75. The lowest BCUT2D eigenvalue weighted by atomic mass is 9.62. The van der Waals surface area contributed by atoms with Gasteiger partial charge in [0.2, 0.25) is 11.8 Å². The summed E-state index contributed by atoms with van der Waals surface area (Å²) in [7, 11) is 0. The van der Waals surface area contributed by atoms with Crippen molar-refractivity contribution >= 4 is 17.8 Å². The topological polar surface area (TPSA) is 120 Å². The molecule has 0 aliphatic carbocycles. The highest BCUT2D eigenvalue weighted by Crippen LogP contribution is 2.65. The zero-order valence-corrected chi connectivity index (χ0v) is 22.6. The van der Waals surface area contributed by atoms with E-state index in [0.717, 1.165) is 13.1 Å². The highest BCUT2D eigenvalue weighted by molar-refractivity contribution is 5.98. The largest absolute Gasteiger partial charge is 0.481 e. The Labute approximate surface area is 219 Å². The second kappa shape index (κ2) is 10.6. The molecular formula is C27H43N3O7. The molecule has 4 fully saturated rings. The van der Waals surface area contributed by atoms with Gasteiger partial charge in [-0.2, -0.15) is 0 Å². The summed E-state index contributed by atoms with van der Waals surface area (Å²) < 4.78 is 12.0. The average molecular weight is 522 g/mol. The van der Waals surface area contributed by atoms with E-state index in [1.54, 1.807) is 17.9 Å². The molecule has 37 heavy (non-hydrogen) atoms. The van der Waals surface area contributed by atoms with Gasteiger partial charge in [0.05, 0.1) is 37.4 Å². The number of carboxylic acids is 1. The maximum Gasteiger partial charge on any atom is 0.310 e. The van der Waals surface area contributed by atoms with Gasteiger partial charge in [0.1, 0.15) is 17.6 Å². The Morgan fingerprint density at radius 2 is 1.97 bits per heavy atom. The van der Waals surface area contributed by atoms with Gasteiger partial charge in [-0.05, 0) is 31.6 Å². The number of carboxylic acid groups (broad SMARTS) is 1. The average Bonchev–Trinajstić information content (AvgIpc) is 3.37. The van der Waals surface area contributed by atoms with Crippen LogP contribution in [0.15, 0.2) is 12.7 Å². The van der Waals surface area contributed by atoms with E-state index in [0.29, 0.717) is 45.7 Å². The van der Waals surface area contributed by atoms with Crippen molar-refractivity contribution in [3.05, 3.63) is 12.7 Å². The first-order valence-electron chi connectivity index (χ1n) is 13.6. The van der Waals surface area contributed by atoms with Crippen molar-refractivity contribution in [1.29, 1.82) is 0 Å². The number of aliphatic hydroxyl groups excluding tert-OH is 1. The SMILES string of the molecule is C=CCN(CCN1CCOCC1)C(=O)C1N([C@@H](CO)CC(C)C)C(=O)[C@@H]2[C@H](C(=O)O)[C@@]3(C)OC12CC3C. The van der Waals surface area contributed by atoms with E-state index < -0.39 is 47.0 Å². The fourth-order valence-corrected chi connectivity index (χ4v) is 7.25. The minimum Gasteiger partial charge on any atom is -0.481 e. The van der Waals surface area contributed by atoms with Crippen molar-refractivity contribution in [2.45, 2.75) is 63.8 Å². The van der Waals surface area contributed by atoms with Crippen LogP contribution < -0.4 is 0 Å². The number of likely N-dealkylation sites (tertiary alicyclic amines) is 1. The fraction of sp³-hybridized carbons (Fsp3) is 0.815. The first kappa shape index (κ1) is 28.0. The fourth-order valence-electron chi connectivity index (χ4n) is 7.25. The van der Waals surface area contributed by atoms with Crippen molar-refractivity contribution in [3.63, 3.8) is 0 Å². The number of amides is 2. The number of rotatable bonds is 11. The van der Waals surface area contributed by atoms with Gasteiger partial charge in [-0.3, -0.25) is 19.3 Å². The lowest BCUT2D eigenvalue weighted by Crippen LogP contribution is -2.59. The number of carbonyl (C=O) groups excluding carboxylic acids is 2. The first-order chi connectivity index (χ1) is 17.5. The third kappa shape index (κ3) is 4.60. The van der Waals surface area contributed by atoms with Crippen molar-refractivity contribution < 1.29 is 34.1 Å². The van der Waals surface area contributed by atoms with E-state index >= 15 is 0 Å². The molecular weight excluding hydrogens is 478 g/mol. The number of aliphatic hydroxyl groups is 1. The lowest BCUT2D eigenvalue weighted by molar-refractivity contribution is -0.160. The van der Waals surface area contributed by atoms with Crippen LogP contribution >= 0.6 is 0 Å². The number of carbonyl (C=O) groups is 3. The number of ether oxygens (including phenoxy) is 2. The lowest BCUT2D eigenvalue weighted by Gasteiger charge is -2.40. The van der Waals surface area contributed by atoms with Crippen LogP contribution in [0, 0.1) is 23.7 Å². The Morgan fingerprint density at radius 1 is 1.30 bits per heavy atom. The molecule has 10 heteroatoms. The molecule has 2 bridgehead atoms. The number of fused-ring (bicyclic) bond motifs is 1. The van der Waals surface area contributed by atoms with Crippen LogP contribution in [0.25, 0.3) is 0 Å². The van der Waals surface area contributed by atoms with Gasteiger partial charge in [-0.1, -0.05) is 26.8 Å². The second-order valence-electron chi connectivity index (χ2n) is 11.8. The van der Waals surface area contributed by atoms with Crippen molar-refractivity contribution in [3.8, 4) is 0 Å². The van der Waals surface area contributed by atoms with E-state index in [4.69, 9.17) is 9.47 Å². The van der Waals surface area contributed by atoms with E-state index in [9.17, 15) is 24.6 Å². The summed E-state index contributed by atoms with van der Waals surface area (Å²) >= 11 is 0. The third-order valence-corrected chi connectivity index (χ3v) is 9.05. The molecule has 2 amide bonds. The maximum atomic E-state index is 14.4. The van der Waals surface area contributed by atoms with Crippen molar-refractivity contribution in [2.24, 2.45) is 23.7 Å². The van der Waals surface area contributed by atoms with E-state index in [1.807, 2.05) is 20.8 Å². The highest BCUT2D eigenvalue weighted by atomic mass is 16.5. The van der Waals surface area contributed by atoms with Gasteiger partial charge in [-0.25, -0.2) is 0 Å². The summed E-state index contributed by atoms with van der Waals surface area (Å²) in [5, 5.41) is 20.6. The van der Waals surface area contributed by atoms with Gasteiger partial charge in [-0.15, -0.1) is 6.58 Å². The minimum atomic E-state index is -1.24. The third-order valence-electron chi connectivity index (χ3n) is 9.05. The molecule has 0 aromatic rings. The maximum absolute atomic E-state index is 14.4. The van der Waals surface area contributed by atoms with Gasteiger partial charge >= 0.3 is 5.97 Å². The Kier molecular flexibility index (Phi) is 8.05. The van der Waals surface area contributed by atoms with Crippen molar-refractivity contribution in [1.82, 2.24) is 14.7 Å². The summed E-state index contributed by atoms with van der Waals surface area (Å²) in [6, 6.07) is -1.61. The highest BCUT2D eigenvalue weighted by Gasteiger charge is 2.80. The monoisotopic (exact) mass is 521 g/mol. The molecule has 0 aromatic heterocycles. The molecule has 4 saturated heterocycles. The number of morpholine rings is 1. The second-order valence-corrected chi connectivity index (χ2v) is 11.8. The molecule has 0 aromatic carbocycles. The van der Waals surface area contributed by atoms with Gasteiger partial charge in [0, 0.05) is 32.7 Å². The summed E-state index contributed by atoms with van der Waals surface area (Å²) in [4.78, 5) is 46.4. The van der Waals surface area contributed by atoms with Crippen LogP contribution in [0.2, 0.25) is 0 Å². The molecule has 208 valence electrons. The Balaban J connectivity index is 1.73. The van der Waals surface area contributed by atoms with Crippen LogP contribution in [0.5, 0.6) is 0 Å². The summed E-state index contributed by atoms with van der Waals surface area (Å²) in [6.45, 7) is 15.5. The number of hydrogen-bond acceptors (Lipinski definition) is 7. The van der Waals surface area contributed by atoms with Gasteiger partial charge < -0.3 is 29.5 Å². The van der Waals surface area contributed by atoms with Gasteiger partial charge in [0.15, 0.2) is 0 Å². The van der Waals surface area contributed by atoms with Gasteiger partial charge in [0.25, 0.3) is 0 Å². The predicted octanol–water partition coefficient (Wildman–Crippen LogP) is 0.836. The molecule has 2 N–H and O–H groups in total. The van der Waals surface area contributed by atoms with E-state index in [-0.39, 0.29) is 24.3 Å². The van der Waals surface area contributed by atoms with Crippen LogP contribution in [-0.4, -0.2) is 119 Å². The zero-order valence-electron chi connectivity index (χ0n) is 22.6. The molecule has 0 radical (unpaired) electrons. The number of aliphatic carboxylic acids is 1. The number of nitrogens with zero attached hydrogens (tertiary/aromatic N) is 3. The van der Waals surface area contributed by atoms with Crippen LogP contribution in [0.3, 0.4) is 0 Å². The van der Waals surface area contributed by atoms with E-state index in [1.165, 1.54) is 4.90 Å². The summed E-state index contributed by atoms with van der Waals surface area (Å²) in [5.41, 5.74) is -2.28. The molecule has 0 saturated carbocycles. The minimum absolute atomic E-state index is 0.147. The molecule has 4 rings (SSSR count). The normalized spacial score (nSPS) is 36.2. The smallest absolute Gasteiger partial charge is 0.310 e. The van der Waals surface area contributed by atoms with Crippen LogP contribution in [-0.2, 0) is 23.9 Å². The molecule has 10 nitrogen and oxygen atoms in total. The predicted molar refractivity (Wildman–Crippen MR) is 136 cm³/mol. The molecule has 1 spiro atoms.